The van der Waals surface area contributed by atoms with E-state index in [1.807, 2.05) is 30.3 Å². The molecule has 0 aliphatic rings. The number of rotatable bonds is 9. The summed E-state index contributed by atoms with van der Waals surface area (Å²) in [7, 11) is 3.11. The van der Waals surface area contributed by atoms with E-state index in [1.165, 1.54) is 6.21 Å². The number of oxime groups is 1. The molecule has 8 heteroatoms. The molecule has 0 aliphatic heterocycles. The van der Waals surface area contributed by atoms with Crippen LogP contribution in [0.2, 0.25) is 5.02 Å². The highest BCUT2D eigenvalue weighted by Crippen LogP contribution is 2.32. The summed E-state index contributed by atoms with van der Waals surface area (Å²) < 4.78 is 16.2. The summed E-state index contributed by atoms with van der Waals surface area (Å²) in [6.07, 6.45) is 1.47. The van der Waals surface area contributed by atoms with Gasteiger partial charge in [0, 0.05) is 10.6 Å². The third-order valence-corrected chi connectivity index (χ3v) is 4.30. The first-order chi connectivity index (χ1) is 15.1. The molecule has 0 aromatic heterocycles. The zero-order valence-electron chi connectivity index (χ0n) is 17.0. The van der Waals surface area contributed by atoms with Gasteiger partial charge in [-0.25, -0.2) is 0 Å². The topological polar surface area (TPSA) is 78.4 Å². The molecule has 1 N–H and O–H groups in total. The molecule has 0 saturated carbocycles. The van der Waals surface area contributed by atoms with Gasteiger partial charge in [0.1, 0.15) is 5.75 Å². The lowest BCUT2D eigenvalue weighted by atomic mass is 10.2. The summed E-state index contributed by atoms with van der Waals surface area (Å²) in [4.78, 5) is 17.4. The van der Waals surface area contributed by atoms with Crippen LogP contribution in [0.25, 0.3) is 0 Å². The van der Waals surface area contributed by atoms with E-state index >= 15 is 0 Å². The molecule has 0 atom stereocenters. The molecule has 3 rings (SSSR count). The molecule has 3 aromatic rings. The van der Waals surface area contributed by atoms with Gasteiger partial charge in [-0.05, 0) is 48.5 Å². The molecule has 0 heterocycles. The maximum atomic E-state index is 12.3. The van der Waals surface area contributed by atoms with Crippen LogP contribution in [0.1, 0.15) is 5.56 Å². The number of methoxy groups -OCH3 is 2. The van der Waals surface area contributed by atoms with Crippen LogP contribution in [0, 0.1) is 0 Å². The number of benzene rings is 3. The number of amides is 1. The summed E-state index contributed by atoms with van der Waals surface area (Å²) in [5, 5.41) is 7.00. The molecule has 1 amide bonds. The molecule has 31 heavy (non-hydrogen) atoms. The fourth-order valence-corrected chi connectivity index (χ4v) is 2.79. The maximum absolute atomic E-state index is 12.3. The normalized spacial score (nSPS) is 10.5. The molecule has 0 unspecified atom stereocenters. The van der Waals surface area contributed by atoms with Gasteiger partial charge in [0.05, 0.1) is 26.1 Å². The molecular weight excluding hydrogens is 420 g/mol. The average molecular weight is 441 g/mol. The number of carbonyl (C=O) groups excluding carboxylic acids is 1. The van der Waals surface area contributed by atoms with Crippen molar-refractivity contribution in [2.75, 3.05) is 26.1 Å². The molecule has 0 bridgehead atoms. The van der Waals surface area contributed by atoms with E-state index in [1.54, 1.807) is 50.6 Å². The van der Waals surface area contributed by atoms with Crippen LogP contribution >= 0.6 is 11.6 Å². The fourth-order valence-electron chi connectivity index (χ4n) is 2.62. The largest absolute Gasteiger partial charge is 0.493 e. The average Bonchev–Trinajstić information content (AvgIpc) is 2.79. The predicted octanol–water partition coefficient (Wildman–Crippen LogP) is 5.14. The van der Waals surface area contributed by atoms with Crippen LogP contribution in [0.4, 0.5) is 5.69 Å². The van der Waals surface area contributed by atoms with Gasteiger partial charge < -0.3 is 24.4 Å². The van der Waals surface area contributed by atoms with Crippen molar-refractivity contribution in [1.29, 1.82) is 0 Å². The highest BCUT2D eigenvalue weighted by molar-refractivity contribution is 6.31. The second-order valence-electron chi connectivity index (χ2n) is 6.23. The highest BCUT2D eigenvalue weighted by atomic mass is 35.5. The number of nitrogens with one attached hydrogen (secondary N) is 1. The van der Waals surface area contributed by atoms with E-state index in [0.29, 0.717) is 33.7 Å². The zero-order chi connectivity index (χ0) is 22.1. The first-order valence-electron chi connectivity index (χ1n) is 9.28. The Bertz CT molecular complexity index is 1060. The Balaban J connectivity index is 1.58. The Morgan fingerprint density at radius 3 is 2.45 bits per heavy atom. The van der Waals surface area contributed by atoms with Crippen molar-refractivity contribution >= 4 is 29.4 Å². The van der Waals surface area contributed by atoms with Crippen LogP contribution in [0.15, 0.2) is 71.9 Å². The van der Waals surface area contributed by atoms with Crippen LogP contribution in [-0.4, -0.2) is 32.9 Å². The van der Waals surface area contributed by atoms with Crippen molar-refractivity contribution in [2.45, 2.75) is 0 Å². The van der Waals surface area contributed by atoms with Gasteiger partial charge in [-0.15, -0.1) is 0 Å². The third-order valence-electron chi connectivity index (χ3n) is 4.07. The number of hydrogen-bond acceptors (Lipinski definition) is 6. The van der Waals surface area contributed by atoms with Crippen LogP contribution < -0.4 is 19.5 Å². The minimum atomic E-state index is -0.412. The number of para-hydroxylation sites is 1. The van der Waals surface area contributed by atoms with E-state index in [4.69, 9.17) is 30.6 Å². The van der Waals surface area contributed by atoms with Crippen LogP contribution in [-0.2, 0) is 9.63 Å². The maximum Gasteiger partial charge on any atom is 0.265 e. The van der Waals surface area contributed by atoms with E-state index in [-0.39, 0.29) is 6.61 Å². The number of hydrogen-bond donors (Lipinski definition) is 1. The molecule has 3 aromatic carbocycles. The second-order valence-corrected chi connectivity index (χ2v) is 6.66. The molecule has 0 spiro atoms. The Morgan fingerprint density at radius 1 is 0.968 bits per heavy atom. The summed E-state index contributed by atoms with van der Waals surface area (Å²) in [6, 6.07) is 19.5. The number of ether oxygens (including phenoxy) is 3. The van der Waals surface area contributed by atoms with Crippen molar-refractivity contribution in [3.63, 3.8) is 0 Å². The second kappa shape index (κ2) is 10.9. The lowest BCUT2D eigenvalue weighted by Crippen LogP contribution is -2.17. The Kier molecular flexibility index (Phi) is 7.73. The summed E-state index contributed by atoms with van der Waals surface area (Å²) in [5.41, 5.74) is 1.15. The first-order valence-corrected chi connectivity index (χ1v) is 9.66. The summed E-state index contributed by atoms with van der Waals surface area (Å²) >= 11 is 6.06. The monoisotopic (exact) mass is 440 g/mol. The van der Waals surface area contributed by atoms with Crippen molar-refractivity contribution in [2.24, 2.45) is 5.16 Å². The van der Waals surface area contributed by atoms with Gasteiger partial charge in [0.15, 0.2) is 23.9 Å². The third kappa shape index (κ3) is 6.38. The summed E-state index contributed by atoms with van der Waals surface area (Å²) in [6.45, 7) is -0.291. The number of anilines is 1. The lowest BCUT2D eigenvalue weighted by molar-refractivity contribution is -0.120. The SMILES string of the molecule is COc1ccc(/C=N\OCC(=O)Nc2cc(Cl)ccc2Oc2ccccc2)cc1OC. The first kappa shape index (κ1) is 22.0. The smallest absolute Gasteiger partial charge is 0.265 e. The number of nitrogens with zero attached hydrogens (tertiary/aromatic N) is 1. The van der Waals surface area contributed by atoms with Crippen LogP contribution in [0.3, 0.4) is 0 Å². The number of carbonyl (C=O) groups is 1. The molecule has 7 nitrogen and oxygen atoms in total. The Morgan fingerprint density at radius 2 is 1.71 bits per heavy atom. The van der Waals surface area contributed by atoms with Gasteiger partial charge in [0.25, 0.3) is 5.91 Å². The molecule has 160 valence electrons. The van der Waals surface area contributed by atoms with Gasteiger partial charge in [-0.1, -0.05) is 35.0 Å². The summed E-state index contributed by atoms with van der Waals surface area (Å²) in [5.74, 6) is 1.85. The highest BCUT2D eigenvalue weighted by Gasteiger charge is 2.10. The molecule has 0 radical (unpaired) electrons. The standard InChI is InChI=1S/C23H21ClN2O5/c1-28-21-10-8-16(12-22(21)29-2)14-25-30-15-23(27)26-19-13-17(24)9-11-20(19)31-18-6-4-3-5-7-18/h3-14H,15H2,1-2H3,(H,26,27)/b25-14-. The molecule has 0 aliphatic carbocycles. The quantitative estimate of drug-likeness (QED) is 0.368. The Hall–Kier alpha value is -3.71. The van der Waals surface area contributed by atoms with Crippen molar-refractivity contribution in [1.82, 2.24) is 0 Å². The zero-order valence-corrected chi connectivity index (χ0v) is 17.8. The van der Waals surface area contributed by atoms with E-state index in [9.17, 15) is 4.79 Å². The lowest BCUT2D eigenvalue weighted by Gasteiger charge is -2.12. The van der Waals surface area contributed by atoms with Gasteiger partial charge in [-0.3, -0.25) is 4.79 Å². The minimum Gasteiger partial charge on any atom is -0.493 e. The van der Waals surface area contributed by atoms with E-state index in [0.717, 1.165) is 5.56 Å². The van der Waals surface area contributed by atoms with Gasteiger partial charge in [-0.2, -0.15) is 0 Å². The fraction of sp³-hybridized carbons (Fsp3) is 0.130. The van der Waals surface area contributed by atoms with Crippen molar-refractivity contribution < 1.29 is 23.8 Å². The number of halogens is 1. The molecule has 0 fully saturated rings. The van der Waals surface area contributed by atoms with E-state index < -0.39 is 5.91 Å². The molecule has 0 saturated heterocycles. The predicted molar refractivity (Wildman–Crippen MR) is 120 cm³/mol. The van der Waals surface area contributed by atoms with E-state index in [2.05, 4.69) is 10.5 Å². The van der Waals surface area contributed by atoms with Gasteiger partial charge >= 0.3 is 0 Å². The van der Waals surface area contributed by atoms with Gasteiger partial charge in [0.2, 0.25) is 0 Å². The van der Waals surface area contributed by atoms with Crippen molar-refractivity contribution in [3.05, 3.63) is 77.3 Å². The Labute approximate surface area is 185 Å². The van der Waals surface area contributed by atoms with Crippen molar-refractivity contribution in [3.8, 4) is 23.0 Å². The minimum absolute atomic E-state index is 0.291. The molecular formula is C23H21ClN2O5. The van der Waals surface area contributed by atoms with Crippen LogP contribution in [0.5, 0.6) is 23.0 Å².